The Morgan fingerprint density at radius 3 is 2.58 bits per heavy atom. The summed E-state index contributed by atoms with van der Waals surface area (Å²) < 4.78 is 7.64. The largest absolute Gasteiger partial charge is 0.484 e. The van der Waals surface area contributed by atoms with Gasteiger partial charge in [-0.15, -0.1) is 0 Å². The Kier molecular flexibility index (Phi) is 6.40. The molecule has 0 radical (unpaired) electrons. The van der Waals surface area contributed by atoms with Gasteiger partial charge >= 0.3 is 0 Å². The highest BCUT2D eigenvalue weighted by molar-refractivity contribution is 5.95. The highest BCUT2D eigenvalue weighted by atomic mass is 16.5. The lowest BCUT2D eigenvalue weighted by molar-refractivity contribution is -0.123. The van der Waals surface area contributed by atoms with E-state index in [9.17, 15) is 9.59 Å². The molecule has 5 nitrogen and oxygen atoms in total. The van der Waals surface area contributed by atoms with Crippen LogP contribution in [0.3, 0.4) is 0 Å². The van der Waals surface area contributed by atoms with Crippen LogP contribution in [0.1, 0.15) is 33.1 Å². The fourth-order valence-electron chi connectivity index (χ4n) is 3.95. The predicted molar refractivity (Wildman–Crippen MR) is 124 cm³/mol. The number of nitrogens with one attached hydrogen (secondary N) is 1. The molecule has 1 saturated carbocycles. The van der Waals surface area contributed by atoms with Gasteiger partial charge in [0.05, 0.1) is 5.52 Å². The van der Waals surface area contributed by atoms with E-state index in [1.807, 2.05) is 53.1 Å². The molecule has 0 unspecified atom stereocenters. The molecule has 1 heterocycles. The van der Waals surface area contributed by atoms with E-state index in [1.165, 1.54) is 19.3 Å². The first-order valence-electron chi connectivity index (χ1n) is 11.1. The number of hydrogen-bond donors (Lipinski definition) is 1. The summed E-state index contributed by atoms with van der Waals surface area (Å²) >= 11 is 0. The Morgan fingerprint density at radius 2 is 1.90 bits per heavy atom. The van der Waals surface area contributed by atoms with Crippen LogP contribution in [0.4, 0.5) is 0 Å². The molecule has 1 aliphatic rings. The molecular weight excluding hydrogens is 388 g/mol. The van der Waals surface area contributed by atoms with Crippen LogP contribution in [0.2, 0.25) is 0 Å². The lowest BCUT2D eigenvalue weighted by Crippen LogP contribution is -2.31. The number of nitrogens with zero attached hydrogens (tertiary/aromatic N) is 1. The van der Waals surface area contributed by atoms with Crippen molar-refractivity contribution in [2.75, 3.05) is 13.2 Å². The van der Waals surface area contributed by atoms with E-state index >= 15 is 0 Å². The first-order valence-corrected chi connectivity index (χ1v) is 11.1. The third-order valence-electron chi connectivity index (χ3n) is 5.91. The zero-order chi connectivity index (χ0) is 21.8. The maximum atomic E-state index is 13.1. The Balaban J connectivity index is 1.68. The summed E-state index contributed by atoms with van der Waals surface area (Å²) in [5.41, 5.74) is 2.80. The van der Waals surface area contributed by atoms with Gasteiger partial charge in [-0.05, 0) is 47.9 Å². The van der Waals surface area contributed by atoms with Crippen molar-refractivity contribution in [2.24, 2.45) is 11.8 Å². The number of amides is 1. The van der Waals surface area contributed by atoms with Crippen molar-refractivity contribution in [3.05, 3.63) is 65.0 Å². The molecule has 0 spiro atoms. The first-order chi connectivity index (χ1) is 15.0. The fourth-order valence-corrected chi connectivity index (χ4v) is 3.95. The first kappa shape index (κ1) is 21.2. The maximum absolute atomic E-state index is 13.1. The van der Waals surface area contributed by atoms with E-state index in [2.05, 4.69) is 19.2 Å². The zero-order valence-electron chi connectivity index (χ0n) is 18.3. The second-order valence-corrected chi connectivity index (χ2v) is 8.84. The average Bonchev–Trinajstić information content (AvgIpc) is 2.74. The van der Waals surface area contributed by atoms with Gasteiger partial charge in [0.2, 0.25) is 0 Å². The summed E-state index contributed by atoms with van der Waals surface area (Å²) in [5, 5.41) is 3.88. The van der Waals surface area contributed by atoms with E-state index in [4.69, 9.17) is 4.74 Å². The molecule has 1 aromatic heterocycles. The van der Waals surface area contributed by atoms with Gasteiger partial charge in [-0.2, -0.15) is 0 Å². The summed E-state index contributed by atoms with van der Waals surface area (Å²) in [6, 6.07) is 17.5. The molecule has 0 bridgehead atoms. The third-order valence-corrected chi connectivity index (χ3v) is 5.91. The predicted octanol–water partition coefficient (Wildman–Crippen LogP) is 4.62. The van der Waals surface area contributed by atoms with Gasteiger partial charge in [0, 0.05) is 30.6 Å². The maximum Gasteiger partial charge on any atom is 0.257 e. The van der Waals surface area contributed by atoms with Crippen molar-refractivity contribution in [3.8, 4) is 16.9 Å². The van der Waals surface area contributed by atoms with Gasteiger partial charge in [-0.25, -0.2) is 0 Å². The van der Waals surface area contributed by atoms with Crippen LogP contribution >= 0.6 is 0 Å². The van der Waals surface area contributed by atoms with E-state index in [-0.39, 0.29) is 18.1 Å². The molecule has 2 aromatic carbocycles. The summed E-state index contributed by atoms with van der Waals surface area (Å²) in [4.78, 5) is 25.1. The topological polar surface area (TPSA) is 60.3 Å². The second kappa shape index (κ2) is 9.38. The van der Waals surface area contributed by atoms with E-state index in [0.29, 0.717) is 24.1 Å². The van der Waals surface area contributed by atoms with Crippen LogP contribution in [0, 0.1) is 11.8 Å². The van der Waals surface area contributed by atoms with Crippen LogP contribution in [0.25, 0.3) is 22.0 Å². The summed E-state index contributed by atoms with van der Waals surface area (Å²) in [6.07, 6.45) is 3.57. The number of ether oxygens (including phenoxy) is 1. The molecular formula is C26H30N2O3. The smallest absolute Gasteiger partial charge is 0.257 e. The van der Waals surface area contributed by atoms with Gasteiger partial charge in [0.25, 0.3) is 11.5 Å². The van der Waals surface area contributed by atoms with E-state index in [1.54, 1.807) is 6.07 Å². The SMILES string of the molecule is CC(C)CNC(=O)COc1ccc2c(-c3ccccc3)cc(=O)n(CC3CCC3)c2c1. The molecule has 4 rings (SSSR count). The van der Waals surface area contributed by atoms with Crippen LogP contribution in [0.15, 0.2) is 59.4 Å². The summed E-state index contributed by atoms with van der Waals surface area (Å²) in [6.45, 7) is 5.42. The Bertz CT molecular complexity index is 1110. The molecule has 0 atom stereocenters. The molecule has 3 aromatic rings. The van der Waals surface area contributed by atoms with E-state index in [0.717, 1.165) is 28.6 Å². The molecule has 1 N–H and O–H groups in total. The number of rotatable bonds is 8. The van der Waals surface area contributed by atoms with Crippen molar-refractivity contribution < 1.29 is 9.53 Å². The number of benzene rings is 2. The number of pyridine rings is 1. The zero-order valence-corrected chi connectivity index (χ0v) is 18.3. The highest BCUT2D eigenvalue weighted by Crippen LogP contribution is 2.32. The molecule has 31 heavy (non-hydrogen) atoms. The molecule has 162 valence electrons. The minimum Gasteiger partial charge on any atom is -0.484 e. The van der Waals surface area contributed by atoms with Crippen LogP contribution in [0.5, 0.6) is 5.75 Å². The van der Waals surface area contributed by atoms with Crippen molar-refractivity contribution in [3.63, 3.8) is 0 Å². The quantitative estimate of drug-likeness (QED) is 0.581. The second-order valence-electron chi connectivity index (χ2n) is 8.84. The molecule has 0 saturated heterocycles. The minimum atomic E-state index is -0.140. The lowest BCUT2D eigenvalue weighted by Gasteiger charge is -2.27. The van der Waals surface area contributed by atoms with Crippen LogP contribution in [-0.2, 0) is 11.3 Å². The summed E-state index contributed by atoms with van der Waals surface area (Å²) in [5.74, 6) is 1.40. The minimum absolute atomic E-state index is 0.00470. The standard InChI is InChI=1S/C26H30N2O3/c1-18(2)15-27-25(29)17-31-21-11-12-22-23(20-9-4-3-5-10-20)14-26(30)28(24(22)13-21)16-19-7-6-8-19/h3-5,9-14,18-19H,6-8,15-17H2,1-2H3,(H,27,29). The molecule has 1 fully saturated rings. The van der Waals surface area contributed by atoms with Gasteiger partial charge < -0.3 is 14.6 Å². The number of hydrogen-bond acceptors (Lipinski definition) is 3. The Hall–Kier alpha value is -3.08. The monoisotopic (exact) mass is 418 g/mol. The highest BCUT2D eigenvalue weighted by Gasteiger charge is 2.20. The van der Waals surface area contributed by atoms with E-state index < -0.39 is 0 Å². The average molecular weight is 419 g/mol. The Labute approximate surface area is 183 Å². The fraction of sp³-hybridized carbons (Fsp3) is 0.385. The number of aromatic nitrogens is 1. The van der Waals surface area contributed by atoms with Gasteiger partial charge in [-0.1, -0.05) is 50.6 Å². The van der Waals surface area contributed by atoms with Crippen LogP contribution in [-0.4, -0.2) is 23.6 Å². The molecule has 5 heteroatoms. The van der Waals surface area contributed by atoms with Crippen molar-refractivity contribution in [2.45, 2.75) is 39.7 Å². The molecule has 1 amide bonds. The van der Waals surface area contributed by atoms with Crippen molar-refractivity contribution in [1.29, 1.82) is 0 Å². The van der Waals surface area contributed by atoms with Crippen molar-refractivity contribution >= 4 is 16.8 Å². The number of fused-ring (bicyclic) bond motifs is 1. The number of carbonyl (C=O) groups excluding carboxylic acids is 1. The normalized spacial score (nSPS) is 13.9. The molecule has 0 aliphatic heterocycles. The molecule has 1 aliphatic carbocycles. The van der Waals surface area contributed by atoms with Gasteiger partial charge in [0.1, 0.15) is 5.75 Å². The summed E-state index contributed by atoms with van der Waals surface area (Å²) in [7, 11) is 0. The van der Waals surface area contributed by atoms with Crippen LogP contribution < -0.4 is 15.6 Å². The lowest BCUT2D eigenvalue weighted by atomic mass is 9.85. The third kappa shape index (κ3) is 4.98. The van der Waals surface area contributed by atoms with Crippen molar-refractivity contribution in [1.82, 2.24) is 9.88 Å². The Morgan fingerprint density at radius 1 is 1.13 bits per heavy atom. The van der Waals surface area contributed by atoms with Gasteiger partial charge in [0.15, 0.2) is 6.61 Å². The van der Waals surface area contributed by atoms with Gasteiger partial charge in [-0.3, -0.25) is 9.59 Å². The number of carbonyl (C=O) groups is 1.